The molecule has 33 heavy (non-hydrogen) atoms. The van der Waals surface area contributed by atoms with Crippen LogP contribution in [0.4, 0.5) is 4.79 Å². The van der Waals surface area contributed by atoms with Crippen LogP contribution in [-0.4, -0.2) is 12.0 Å². The van der Waals surface area contributed by atoms with E-state index >= 15 is 0 Å². The Morgan fingerprint density at radius 1 is 0.879 bits per heavy atom. The van der Waals surface area contributed by atoms with Gasteiger partial charge in [-0.05, 0) is 42.7 Å². The Hall–Kier alpha value is -4.06. The van der Waals surface area contributed by atoms with Crippen LogP contribution in [0.25, 0.3) is 0 Å². The smallest absolute Gasteiger partial charge is 0.338 e. The van der Waals surface area contributed by atoms with Gasteiger partial charge >= 0.3 is 12.0 Å². The van der Waals surface area contributed by atoms with Gasteiger partial charge < -0.3 is 20.1 Å². The maximum Gasteiger partial charge on any atom is 0.338 e. The van der Waals surface area contributed by atoms with E-state index in [1.807, 2.05) is 85.8 Å². The highest BCUT2D eigenvalue weighted by Crippen LogP contribution is 2.30. The SMILES string of the molecule is CC1=C(C(=O)OCc2ccccc2)C(c2cccc(OCc3ccc(C)cc3)c2)NC(=O)N1. The third kappa shape index (κ3) is 5.60. The molecule has 1 unspecified atom stereocenters. The van der Waals surface area contributed by atoms with Gasteiger partial charge in [0, 0.05) is 5.70 Å². The van der Waals surface area contributed by atoms with Gasteiger partial charge in [-0.3, -0.25) is 0 Å². The van der Waals surface area contributed by atoms with E-state index in [1.165, 1.54) is 5.56 Å². The van der Waals surface area contributed by atoms with Gasteiger partial charge in [0.15, 0.2) is 0 Å². The molecule has 0 bridgehead atoms. The summed E-state index contributed by atoms with van der Waals surface area (Å²) in [4.78, 5) is 25.2. The Morgan fingerprint density at radius 3 is 2.36 bits per heavy atom. The standard InChI is InChI=1S/C27H26N2O4/c1-18-11-13-21(14-12-18)16-32-23-10-6-9-22(15-23)25-24(19(2)28-27(31)29-25)26(30)33-17-20-7-4-3-5-8-20/h3-15,25H,16-17H2,1-2H3,(H2,28,29,31). The van der Waals surface area contributed by atoms with Crippen molar-refractivity contribution < 1.29 is 19.1 Å². The second kappa shape index (κ2) is 10.0. The van der Waals surface area contributed by atoms with Crippen LogP contribution in [0, 0.1) is 6.92 Å². The molecule has 0 saturated carbocycles. The lowest BCUT2D eigenvalue weighted by atomic mass is 9.95. The summed E-state index contributed by atoms with van der Waals surface area (Å²) in [5.74, 6) is 0.162. The summed E-state index contributed by atoms with van der Waals surface area (Å²) in [6.07, 6.45) is 0. The lowest BCUT2D eigenvalue weighted by Crippen LogP contribution is -2.45. The van der Waals surface area contributed by atoms with Gasteiger partial charge in [0.25, 0.3) is 0 Å². The number of rotatable bonds is 7. The summed E-state index contributed by atoms with van der Waals surface area (Å²) in [5, 5.41) is 5.51. The topological polar surface area (TPSA) is 76.7 Å². The molecule has 0 fully saturated rings. The highest BCUT2D eigenvalue weighted by atomic mass is 16.5. The molecule has 0 aromatic heterocycles. The Morgan fingerprint density at radius 2 is 1.61 bits per heavy atom. The van der Waals surface area contributed by atoms with Crippen molar-refractivity contribution in [2.45, 2.75) is 33.1 Å². The highest BCUT2D eigenvalue weighted by molar-refractivity contribution is 5.95. The van der Waals surface area contributed by atoms with E-state index < -0.39 is 12.0 Å². The Kier molecular flexibility index (Phi) is 6.74. The molecule has 0 saturated heterocycles. The third-order valence-electron chi connectivity index (χ3n) is 5.42. The number of ether oxygens (including phenoxy) is 2. The van der Waals surface area contributed by atoms with Crippen molar-refractivity contribution in [2.75, 3.05) is 0 Å². The van der Waals surface area contributed by atoms with Crippen LogP contribution in [0.3, 0.4) is 0 Å². The average molecular weight is 443 g/mol. The van der Waals surface area contributed by atoms with Crippen molar-refractivity contribution >= 4 is 12.0 Å². The molecule has 0 aliphatic carbocycles. The predicted octanol–water partition coefficient (Wildman–Crippen LogP) is 4.95. The van der Waals surface area contributed by atoms with Crippen LogP contribution in [-0.2, 0) is 22.7 Å². The maximum atomic E-state index is 13.0. The summed E-state index contributed by atoms with van der Waals surface area (Å²) in [6, 6.07) is 24.0. The lowest BCUT2D eigenvalue weighted by Gasteiger charge is -2.28. The van der Waals surface area contributed by atoms with Crippen LogP contribution in [0.1, 0.15) is 35.2 Å². The molecule has 1 atom stereocenters. The van der Waals surface area contributed by atoms with E-state index in [-0.39, 0.29) is 12.6 Å². The monoisotopic (exact) mass is 442 g/mol. The first-order chi connectivity index (χ1) is 16.0. The fraction of sp³-hybridized carbons (Fsp3) is 0.185. The van der Waals surface area contributed by atoms with Gasteiger partial charge in [0.1, 0.15) is 19.0 Å². The Labute approximate surface area is 193 Å². The number of esters is 1. The second-order valence-corrected chi connectivity index (χ2v) is 7.98. The molecule has 1 aliphatic rings. The summed E-state index contributed by atoms with van der Waals surface area (Å²) < 4.78 is 11.5. The number of benzene rings is 3. The van der Waals surface area contributed by atoms with Crippen molar-refractivity contribution in [3.8, 4) is 5.75 Å². The van der Waals surface area contributed by atoms with E-state index in [1.54, 1.807) is 6.92 Å². The van der Waals surface area contributed by atoms with E-state index in [0.29, 0.717) is 23.6 Å². The molecule has 0 radical (unpaired) electrons. The van der Waals surface area contributed by atoms with E-state index in [2.05, 4.69) is 10.6 Å². The normalized spacial score (nSPS) is 15.5. The minimum Gasteiger partial charge on any atom is -0.489 e. The van der Waals surface area contributed by atoms with Crippen molar-refractivity contribution in [1.29, 1.82) is 0 Å². The van der Waals surface area contributed by atoms with Crippen molar-refractivity contribution in [3.05, 3.63) is 112 Å². The Balaban J connectivity index is 1.52. The zero-order valence-electron chi connectivity index (χ0n) is 18.6. The minimum absolute atomic E-state index is 0.150. The zero-order valence-corrected chi connectivity index (χ0v) is 18.6. The first-order valence-electron chi connectivity index (χ1n) is 10.8. The van der Waals surface area contributed by atoms with Crippen LogP contribution in [0.15, 0.2) is 90.1 Å². The van der Waals surface area contributed by atoms with Crippen LogP contribution in [0.2, 0.25) is 0 Å². The fourth-order valence-electron chi connectivity index (χ4n) is 3.65. The highest BCUT2D eigenvalue weighted by Gasteiger charge is 2.32. The largest absolute Gasteiger partial charge is 0.489 e. The molecule has 1 aliphatic heterocycles. The summed E-state index contributed by atoms with van der Waals surface area (Å²) in [6.45, 7) is 4.31. The van der Waals surface area contributed by atoms with Gasteiger partial charge in [0.2, 0.25) is 0 Å². The van der Waals surface area contributed by atoms with Crippen LogP contribution in [0.5, 0.6) is 5.75 Å². The Bertz CT molecular complexity index is 1170. The fourth-order valence-corrected chi connectivity index (χ4v) is 3.65. The van der Waals surface area contributed by atoms with Gasteiger partial charge in [-0.25, -0.2) is 9.59 Å². The molecule has 6 heteroatoms. The second-order valence-electron chi connectivity index (χ2n) is 7.98. The number of aryl methyl sites for hydroxylation is 1. The molecule has 2 amide bonds. The first kappa shape index (κ1) is 22.1. The summed E-state index contributed by atoms with van der Waals surface area (Å²) in [7, 11) is 0. The number of amides is 2. The van der Waals surface area contributed by atoms with Crippen molar-refractivity contribution in [1.82, 2.24) is 10.6 Å². The quantitative estimate of drug-likeness (QED) is 0.508. The number of urea groups is 1. The molecule has 2 N–H and O–H groups in total. The molecular weight excluding hydrogens is 416 g/mol. The predicted molar refractivity (Wildman–Crippen MR) is 125 cm³/mol. The average Bonchev–Trinajstić information content (AvgIpc) is 2.82. The molecule has 4 rings (SSSR count). The number of nitrogens with one attached hydrogen (secondary N) is 2. The van der Waals surface area contributed by atoms with Gasteiger partial charge in [-0.15, -0.1) is 0 Å². The number of hydrogen-bond acceptors (Lipinski definition) is 4. The number of carbonyl (C=O) groups excluding carboxylic acids is 2. The number of hydrogen-bond donors (Lipinski definition) is 2. The molecule has 3 aromatic carbocycles. The van der Waals surface area contributed by atoms with E-state index in [4.69, 9.17) is 9.47 Å². The van der Waals surface area contributed by atoms with Gasteiger partial charge in [0.05, 0.1) is 11.6 Å². The molecular formula is C27H26N2O4. The lowest BCUT2D eigenvalue weighted by molar-refractivity contribution is -0.140. The molecule has 1 heterocycles. The third-order valence-corrected chi connectivity index (χ3v) is 5.42. The van der Waals surface area contributed by atoms with E-state index in [0.717, 1.165) is 16.7 Å². The summed E-state index contributed by atoms with van der Waals surface area (Å²) in [5.41, 5.74) is 4.70. The van der Waals surface area contributed by atoms with Gasteiger partial charge in [-0.1, -0.05) is 72.3 Å². The van der Waals surface area contributed by atoms with Gasteiger partial charge in [-0.2, -0.15) is 0 Å². The van der Waals surface area contributed by atoms with Crippen molar-refractivity contribution in [3.63, 3.8) is 0 Å². The van der Waals surface area contributed by atoms with Crippen molar-refractivity contribution in [2.24, 2.45) is 0 Å². The minimum atomic E-state index is -0.648. The number of carbonyl (C=O) groups is 2. The number of allylic oxidation sites excluding steroid dienone is 1. The zero-order chi connectivity index (χ0) is 23.2. The summed E-state index contributed by atoms with van der Waals surface area (Å²) >= 11 is 0. The van der Waals surface area contributed by atoms with Crippen LogP contribution < -0.4 is 15.4 Å². The molecule has 3 aromatic rings. The first-order valence-corrected chi connectivity index (χ1v) is 10.8. The molecule has 168 valence electrons. The maximum absolute atomic E-state index is 13.0. The molecule has 0 spiro atoms. The van der Waals surface area contributed by atoms with Crippen LogP contribution >= 0.6 is 0 Å². The van der Waals surface area contributed by atoms with E-state index in [9.17, 15) is 9.59 Å². The molecule has 6 nitrogen and oxygen atoms in total.